The minimum Gasteiger partial charge on any atom is -0.384 e. The predicted octanol–water partition coefficient (Wildman–Crippen LogP) is 1.72. The van der Waals surface area contributed by atoms with Crippen LogP contribution in [0.1, 0.15) is 19.5 Å². The molecule has 1 aromatic heterocycles. The molecular weight excluding hydrogens is 292 g/mol. The van der Waals surface area contributed by atoms with Gasteiger partial charge in [0.05, 0.1) is 0 Å². The van der Waals surface area contributed by atoms with Gasteiger partial charge in [0.15, 0.2) is 5.60 Å². The summed E-state index contributed by atoms with van der Waals surface area (Å²) in [7, 11) is 0. The van der Waals surface area contributed by atoms with E-state index in [1.807, 2.05) is 0 Å². The Morgan fingerprint density at radius 3 is 2.43 bits per heavy atom. The number of aliphatic imine (C=N–C) groups is 1. The lowest BCUT2D eigenvalue weighted by Gasteiger charge is -2.42. The third kappa shape index (κ3) is 2.46. The minimum atomic E-state index is -4.70. The molecule has 0 saturated carbocycles. The third-order valence-electron chi connectivity index (χ3n) is 3.41. The maximum absolute atomic E-state index is 13.9. The topological polar surface area (TPSA) is 86.5 Å². The van der Waals surface area contributed by atoms with Gasteiger partial charge < -0.3 is 16.2 Å². The van der Waals surface area contributed by atoms with Crippen molar-refractivity contribution in [2.75, 3.05) is 5.73 Å². The number of nitrogens with zero attached hydrogens (tertiary/aromatic N) is 2. The van der Waals surface area contributed by atoms with Crippen molar-refractivity contribution in [2.45, 2.75) is 37.4 Å². The number of halogens is 4. The van der Waals surface area contributed by atoms with E-state index in [-0.39, 0.29) is 11.5 Å². The number of nitrogen functional groups attached to an aromatic ring is 1. The van der Waals surface area contributed by atoms with E-state index in [9.17, 15) is 17.6 Å². The fraction of sp³-hybridized carbons (Fsp3) is 0.500. The Bertz CT molecular complexity index is 591. The highest BCUT2D eigenvalue weighted by Crippen LogP contribution is 2.41. The van der Waals surface area contributed by atoms with Gasteiger partial charge in [-0.3, -0.25) is 4.99 Å². The maximum atomic E-state index is 13.9. The van der Waals surface area contributed by atoms with Gasteiger partial charge in [-0.2, -0.15) is 13.2 Å². The summed E-state index contributed by atoms with van der Waals surface area (Å²) in [5.74, 6) is -0.780. The smallest absolute Gasteiger partial charge is 0.384 e. The molecule has 3 atom stereocenters. The second-order valence-corrected chi connectivity index (χ2v) is 5.12. The molecular formula is C12H14F4N4O. The predicted molar refractivity (Wildman–Crippen MR) is 68.0 cm³/mol. The fourth-order valence-corrected chi connectivity index (χ4v) is 1.89. The third-order valence-corrected chi connectivity index (χ3v) is 3.41. The Balaban J connectivity index is 2.50. The van der Waals surface area contributed by atoms with Crippen LogP contribution in [-0.2, 0) is 10.3 Å². The summed E-state index contributed by atoms with van der Waals surface area (Å²) in [5, 5.41) is 0. The average molecular weight is 306 g/mol. The zero-order chi connectivity index (χ0) is 16.1. The van der Waals surface area contributed by atoms with E-state index in [4.69, 9.17) is 16.2 Å². The molecule has 4 N–H and O–H groups in total. The molecule has 1 aliphatic rings. The quantitative estimate of drug-likeness (QED) is 0.774. The molecule has 0 aromatic carbocycles. The van der Waals surface area contributed by atoms with Crippen LogP contribution in [0.15, 0.2) is 17.1 Å². The number of anilines is 1. The van der Waals surface area contributed by atoms with E-state index in [1.54, 1.807) is 0 Å². The van der Waals surface area contributed by atoms with Crippen LogP contribution >= 0.6 is 0 Å². The summed E-state index contributed by atoms with van der Waals surface area (Å²) >= 11 is 0. The van der Waals surface area contributed by atoms with Crippen LogP contribution in [0.2, 0.25) is 0 Å². The van der Waals surface area contributed by atoms with Crippen LogP contribution in [0, 0.1) is 5.82 Å². The fourth-order valence-electron chi connectivity index (χ4n) is 1.89. The summed E-state index contributed by atoms with van der Waals surface area (Å²) < 4.78 is 57.5. The van der Waals surface area contributed by atoms with Crippen molar-refractivity contribution < 1.29 is 22.3 Å². The molecule has 1 aromatic rings. The molecule has 0 aliphatic carbocycles. The van der Waals surface area contributed by atoms with Crippen molar-refractivity contribution >= 4 is 12.0 Å². The Hall–Kier alpha value is -1.74. The van der Waals surface area contributed by atoms with Gasteiger partial charge in [0.1, 0.15) is 29.1 Å². The second kappa shape index (κ2) is 4.63. The van der Waals surface area contributed by atoms with E-state index >= 15 is 0 Å². The number of nitrogens with two attached hydrogens (primary N) is 2. The molecule has 1 aliphatic heterocycles. The lowest BCUT2D eigenvalue weighted by atomic mass is 9.91. The largest absolute Gasteiger partial charge is 0.422 e. The van der Waals surface area contributed by atoms with Crippen molar-refractivity contribution in [1.82, 2.24) is 4.98 Å². The highest BCUT2D eigenvalue weighted by Gasteiger charge is 2.57. The molecule has 0 fully saturated rings. The highest BCUT2D eigenvalue weighted by molar-refractivity contribution is 5.71. The van der Waals surface area contributed by atoms with E-state index in [0.717, 1.165) is 13.0 Å². The van der Waals surface area contributed by atoms with Crippen LogP contribution in [-0.4, -0.2) is 29.2 Å². The molecule has 0 radical (unpaired) electrons. The molecule has 116 valence electrons. The summed E-state index contributed by atoms with van der Waals surface area (Å²) in [5.41, 5.74) is 6.61. The normalized spacial score (nSPS) is 33.2. The van der Waals surface area contributed by atoms with E-state index in [2.05, 4.69) is 9.98 Å². The van der Waals surface area contributed by atoms with Crippen LogP contribution < -0.4 is 11.5 Å². The van der Waals surface area contributed by atoms with Crippen molar-refractivity contribution in [3.05, 3.63) is 23.6 Å². The zero-order valence-corrected chi connectivity index (χ0v) is 11.3. The second-order valence-electron chi connectivity index (χ2n) is 5.12. The molecule has 2 heterocycles. The molecule has 1 unspecified atom stereocenters. The molecule has 0 bridgehead atoms. The van der Waals surface area contributed by atoms with E-state index < -0.39 is 29.4 Å². The summed E-state index contributed by atoms with van der Waals surface area (Å²) in [6, 6.07) is 2.27. The van der Waals surface area contributed by atoms with Gasteiger partial charge in [0, 0.05) is 6.21 Å². The molecule has 0 saturated heterocycles. The number of pyridine rings is 1. The Morgan fingerprint density at radius 2 is 1.90 bits per heavy atom. The first kappa shape index (κ1) is 15.6. The molecule has 0 amide bonds. The molecule has 0 spiro atoms. The maximum Gasteiger partial charge on any atom is 0.422 e. The minimum absolute atomic E-state index is 0.000758. The summed E-state index contributed by atoms with van der Waals surface area (Å²) in [6.07, 6.45) is -5.67. The number of ether oxygens (including phenoxy) is 1. The van der Waals surface area contributed by atoms with Gasteiger partial charge in [0.2, 0.25) is 0 Å². The van der Waals surface area contributed by atoms with Crippen molar-refractivity contribution in [2.24, 2.45) is 10.7 Å². The Labute approximate surface area is 118 Å². The average Bonchev–Trinajstić information content (AvgIpc) is 2.36. The zero-order valence-electron chi connectivity index (χ0n) is 11.3. The molecule has 5 nitrogen and oxygen atoms in total. The van der Waals surface area contributed by atoms with Crippen LogP contribution in [0.25, 0.3) is 0 Å². The SMILES string of the molecule is C[C@]1(C(F)(F)F)C=N[C@](C)(c2nc(N)ccc2F)C(N)O1. The molecule has 21 heavy (non-hydrogen) atoms. The van der Waals surface area contributed by atoms with Gasteiger partial charge in [-0.15, -0.1) is 0 Å². The number of rotatable bonds is 1. The van der Waals surface area contributed by atoms with Gasteiger partial charge in [-0.25, -0.2) is 9.37 Å². The lowest BCUT2D eigenvalue weighted by Crippen LogP contribution is -2.59. The van der Waals surface area contributed by atoms with Crippen LogP contribution in [0.4, 0.5) is 23.4 Å². The van der Waals surface area contributed by atoms with E-state index in [1.165, 1.54) is 13.0 Å². The van der Waals surface area contributed by atoms with Crippen molar-refractivity contribution in [3.8, 4) is 0 Å². The van der Waals surface area contributed by atoms with Crippen LogP contribution in [0.5, 0.6) is 0 Å². The standard InChI is InChI=1S/C12H14F4N4O/c1-10(12(14,15)16)5-19-11(2,9(18)21-10)8-6(13)3-4-7(17)20-8/h3-5,9H,18H2,1-2H3,(H2,17,20)/t9?,10-,11-/m1/s1. The van der Waals surface area contributed by atoms with Crippen molar-refractivity contribution in [3.63, 3.8) is 0 Å². The number of aromatic nitrogens is 1. The lowest BCUT2D eigenvalue weighted by molar-refractivity contribution is -0.263. The van der Waals surface area contributed by atoms with E-state index in [0.29, 0.717) is 6.21 Å². The number of alkyl halides is 3. The van der Waals surface area contributed by atoms with Crippen molar-refractivity contribution in [1.29, 1.82) is 0 Å². The van der Waals surface area contributed by atoms with Gasteiger partial charge >= 0.3 is 6.18 Å². The molecule has 9 heteroatoms. The first-order chi connectivity index (χ1) is 9.49. The van der Waals surface area contributed by atoms with Gasteiger partial charge in [0.25, 0.3) is 0 Å². The molecule has 2 rings (SSSR count). The Kier molecular flexibility index (Phi) is 3.45. The monoisotopic (exact) mass is 306 g/mol. The van der Waals surface area contributed by atoms with Crippen LogP contribution in [0.3, 0.4) is 0 Å². The first-order valence-corrected chi connectivity index (χ1v) is 5.98. The van der Waals surface area contributed by atoms with Gasteiger partial charge in [-0.1, -0.05) is 0 Å². The van der Waals surface area contributed by atoms with Gasteiger partial charge in [-0.05, 0) is 26.0 Å². The number of hydrogen-bond acceptors (Lipinski definition) is 5. The Morgan fingerprint density at radius 1 is 1.29 bits per heavy atom. The number of hydrogen-bond donors (Lipinski definition) is 2. The first-order valence-electron chi connectivity index (χ1n) is 5.98. The highest BCUT2D eigenvalue weighted by atomic mass is 19.4. The summed E-state index contributed by atoms with van der Waals surface area (Å²) in [6.45, 7) is 2.12. The summed E-state index contributed by atoms with van der Waals surface area (Å²) in [4.78, 5) is 7.56.